The number of nitrogens with zero attached hydrogens (tertiary/aromatic N) is 1. The van der Waals surface area contributed by atoms with Crippen LogP contribution in [-0.2, 0) is 11.3 Å². The third-order valence-electron chi connectivity index (χ3n) is 5.11. The summed E-state index contributed by atoms with van der Waals surface area (Å²) in [5.41, 5.74) is 2.54. The number of nitrogens with one attached hydrogen (secondary N) is 2. The zero-order valence-corrected chi connectivity index (χ0v) is 16.1. The van der Waals surface area contributed by atoms with Gasteiger partial charge in [-0.15, -0.1) is 0 Å². The first kappa shape index (κ1) is 19.6. The van der Waals surface area contributed by atoms with Gasteiger partial charge in [-0.1, -0.05) is 60.7 Å². The predicted octanol–water partition coefficient (Wildman–Crippen LogP) is 3.51. The van der Waals surface area contributed by atoms with Crippen LogP contribution in [0.3, 0.4) is 0 Å². The zero-order valence-electron chi connectivity index (χ0n) is 16.1. The molecule has 1 saturated heterocycles. The summed E-state index contributed by atoms with van der Waals surface area (Å²) in [6.45, 7) is 4.78. The Kier molecular flexibility index (Phi) is 7.87. The minimum atomic E-state index is 0.0902. The van der Waals surface area contributed by atoms with Gasteiger partial charge in [-0.2, -0.15) is 0 Å². The van der Waals surface area contributed by atoms with Crippen LogP contribution < -0.4 is 10.6 Å². The Morgan fingerprint density at radius 2 is 1.56 bits per heavy atom. The maximum Gasteiger partial charge on any atom is 0.221 e. The standard InChI is InChI=1S/C23H31N3O/c27-23-18-22(21-12-5-2-6-13-21)24-14-7-8-16-26(17-9-15-25-23)19-20-10-3-1-4-11-20/h1-6,10-13,22,24H,7-9,14-19H2,(H,25,27). The Morgan fingerprint density at radius 3 is 2.33 bits per heavy atom. The third kappa shape index (κ3) is 6.81. The number of carbonyl (C=O) groups is 1. The van der Waals surface area contributed by atoms with E-state index in [1.54, 1.807) is 0 Å². The monoisotopic (exact) mass is 365 g/mol. The van der Waals surface area contributed by atoms with Crippen LogP contribution in [0.5, 0.6) is 0 Å². The van der Waals surface area contributed by atoms with Crippen molar-refractivity contribution in [2.45, 2.75) is 38.3 Å². The molecule has 2 aromatic carbocycles. The molecule has 1 fully saturated rings. The highest BCUT2D eigenvalue weighted by Crippen LogP contribution is 2.17. The molecule has 1 unspecified atom stereocenters. The maximum absolute atomic E-state index is 12.4. The lowest BCUT2D eigenvalue weighted by molar-refractivity contribution is -0.121. The number of hydrogen-bond acceptors (Lipinski definition) is 3. The molecule has 4 heteroatoms. The van der Waals surface area contributed by atoms with E-state index in [0.29, 0.717) is 6.42 Å². The van der Waals surface area contributed by atoms with Crippen molar-refractivity contribution >= 4 is 5.91 Å². The van der Waals surface area contributed by atoms with Gasteiger partial charge in [0.25, 0.3) is 0 Å². The van der Waals surface area contributed by atoms with Crippen LogP contribution in [0.25, 0.3) is 0 Å². The van der Waals surface area contributed by atoms with Crippen LogP contribution in [-0.4, -0.2) is 37.0 Å². The second-order valence-corrected chi connectivity index (χ2v) is 7.29. The minimum Gasteiger partial charge on any atom is -0.356 e. The summed E-state index contributed by atoms with van der Waals surface area (Å²) in [7, 11) is 0. The van der Waals surface area contributed by atoms with Gasteiger partial charge in [0.2, 0.25) is 5.91 Å². The highest BCUT2D eigenvalue weighted by molar-refractivity contribution is 5.76. The summed E-state index contributed by atoms with van der Waals surface area (Å²) in [4.78, 5) is 14.9. The van der Waals surface area contributed by atoms with E-state index in [1.165, 1.54) is 17.5 Å². The Bertz CT molecular complexity index is 675. The molecule has 1 heterocycles. The molecule has 1 atom stereocenters. The van der Waals surface area contributed by atoms with E-state index in [1.807, 2.05) is 18.2 Å². The molecule has 3 rings (SSSR count). The van der Waals surface area contributed by atoms with E-state index in [9.17, 15) is 4.79 Å². The summed E-state index contributed by atoms with van der Waals surface area (Å²) in [5.74, 6) is 0.130. The van der Waals surface area contributed by atoms with Gasteiger partial charge in [0.05, 0.1) is 0 Å². The molecule has 2 aromatic rings. The molecular weight excluding hydrogens is 334 g/mol. The van der Waals surface area contributed by atoms with E-state index in [-0.39, 0.29) is 11.9 Å². The predicted molar refractivity (Wildman–Crippen MR) is 110 cm³/mol. The molecule has 1 aliphatic rings. The van der Waals surface area contributed by atoms with Crippen molar-refractivity contribution in [3.8, 4) is 0 Å². The normalized spacial score (nSPS) is 20.7. The molecular formula is C23H31N3O. The molecule has 0 spiro atoms. The van der Waals surface area contributed by atoms with Gasteiger partial charge in [-0.3, -0.25) is 9.69 Å². The lowest BCUT2D eigenvalue weighted by Crippen LogP contribution is -2.32. The van der Waals surface area contributed by atoms with E-state index >= 15 is 0 Å². The molecule has 0 radical (unpaired) electrons. The zero-order chi connectivity index (χ0) is 18.7. The molecule has 4 nitrogen and oxygen atoms in total. The van der Waals surface area contributed by atoms with Crippen LogP contribution in [0.15, 0.2) is 60.7 Å². The van der Waals surface area contributed by atoms with Crippen molar-refractivity contribution in [1.29, 1.82) is 0 Å². The lowest BCUT2D eigenvalue weighted by Gasteiger charge is -2.22. The molecule has 0 aromatic heterocycles. The molecule has 1 aliphatic heterocycles. The molecule has 0 aliphatic carbocycles. The van der Waals surface area contributed by atoms with E-state index < -0.39 is 0 Å². The second-order valence-electron chi connectivity index (χ2n) is 7.29. The van der Waals surface area contributed by atoms with Crippen LogP contribution in [0.2, 0.25) is 0 Å². The number of rotatable bonds is 3. The fourth-order valence-electron chi connectivity index (χ4n) is 3.63. The van der Waals surface area contributed by atoms with Gasteiger partial charge >= 0.3 is 0 Å². The third-order valence-corrected chi connectivity index (χ3v) is 5.11. The van der Waals surface area contributed by atoms with Gasteiger partial charge in [0.1, 0.15) is 0 Å². The maximum atomic E-state index is 12.4. The van der Waals surface area contributed by atoms with Gasteiger partial charge in [-0.25, -0.2) is 0 Å². The second kappa shape index (κ2) is 10.9. The van der Waals surface area contributed by atoms with Crippen LogP contribution in [0, 0.1) is 0 Å². The van der Waals surface area contributed by atoms with Crippen LogP contribution in [0.1, 0.15) is 42.9 Å². The van der Waals surface area contributed by atoms with Crippen molar-refractivity contribution in [3.63, 3.8) is 0 Å². The highest BCUT2D eigenvalue weighted by atomic mass is 16.1. The topological polar surface area (TPSA) is 44.4 Å². The Morgan fingerprint density at radius 1 is 0.852 bits per heavy atom. The van der Waals surface area contributed by atoms with Gasteiger partial charge in [0, 0.05) is 32.1 Å². The quantitative estimate of drug-likeness (QED) is 0.875. The number of benzene rings is 2. The summed E-state index contributed by atoms with van der Waals surface area (Å²) >= 11 is 0. The first-order chi connectivity index (χ1) is 13.3. The number of amides is 1. The smallest absolute Gasteiger partial charge is 0.221 e. The fraction of sp³-hybridized carbons (Fsp3) is 0.435. The van der Waals surface area contributed by atoms with Crippen molar-refractivity contribution in [1.82, 2.24) is 15.5 Å². The Labute approximate surface area is 163 Å². The minimum absolute atomic E-state index is 0.0902. The van der Waals surface area contributed by atoms with Gasteiger partial charge in [-0.05, 0) is 43.5 Å². The van der Waals surface area contributed by atoms with Crippen molar-refractivity contribution in [2.24, 2.45) is 0 Å². The van der Waals surface area contributed by atoms with Crippen molar-refractivity contribution in [3.05, 3.63) is 71.8 Å². The summed E-state index contributed by atoms with van der Waals surface area (Å²) in [6, 6.07) is 21.0. The average Bonchev–Trinajstić information content (AvgIpc) is 2.72. The Hall–Kier alpha value is -2.17. The molecule has 0 saturated carbocycles. The Balaban J connectivity index is 1.58. The van der Waals surface area contributed by atoms with Crippen molar-refractivity contribution < 1.29 is 4.79 Å². The fourth-order valence-corrected chi connectivity index (χ4v) is 3.63. The first-order valence-corrected chi connectivity index (χ1v) is 10.1. The molecule has 0 bridgehead atoms. The summed E-state index contributed by atoms with van der Waals surface area (Å²) in [5, 5.41) is 6.69. The molecule has 144 valence electrons. The van der Waals surface area contributed by atoms with Gasteiger partial charge < -0.3 is 10.6 Å². The lowest BCUT2D eigenvalue weighted by atomic mass is 10.0. The van der Waals surface area contributed by atoms with Crippen molar-refractivity contribution in [2.75, 3.05) is 26.2 Å². The number of carbonyl (C=O) groups excluding carboxylic acids is 1. The molecule has 27 heavy (non-hydrogen) atoms. The van der Waals surface area contributed by atoms with E-state index in [4.69, 9.17) is 0 Å². The first-order valence-electron chi connectivity index (χ1n) is 10.1. The van der Waals surface area contributed by atoms with E-state index in [0.717, 1.165) is 45.6 Å². The largest absolute Gasteiger partial charge is 0.356 e. The van der Waals surface area contributed by atoms with Gasteiger partial charge in [0.15, 0.2) is 0 Å². The van der Waals surface area contributed by atoms with Crippen LogP contribution >= 0.6 is 0 Å². The molecule has 2 N–H and O–H groups in total. The van der Waals surface area contributed by atoms with E-state index in [2.05, 4.69) is 58.0 Å². The SMILES string of the molecule is O=C1CC(c2ccccc2)NCCCCN(Cc2ccccc2)CCCN1. The highest BCUT2D eigenvalue weighted by Gasteiger charge is 2.16. The average molecular weight is 366 g/mol. The molecule has 1 amide bonds. The summed E-state index contributed by atoms with van der Waals surface area (Å²) in [6.07, 6.45) is 3.78. The summed E-state index contributed by atoms with van der Waals surface area (Å²) < 4.78 is 0. The number of hydrogen-bond donors (Lipinski definition) is 2. The van der Waals surface area contributed by atoms with Crippen LogP contribution in [0.4, 0.5) is 0 Å².